The summed E-state index contributed by atoms with van der Waals surface area (Å²) in [5.41, 5.74) is 5.88. The normalized spacial score (nSPS) is 18.0. The second kappa shape index (κ2) is 6.20. The third kappa shape index (κ3) is 3.08. The molecule has 1 aromatic carbocycles. The van der Waals surface area contributed by atoms with E-state index in [0.717, 1.165) is 6.39 Å². The van der Waals surface area contributed by atoms with Gasteiger partial charge in [0.1, 0.15) is 5.82 Å². The Balaban J connectivity index is 1.86. The van der Waals surface area contributed by atoms with Crippen molar-refractivity contribution in [2.75, 3.05) is 13.1 Å². The molecule has 3 rings (SSSR count). The van der Waals surface area contributed by atoms with Gasteiger partial charge in [-0.2, -0.15) is 0 Å². The lowest BCUT2D eigenvalue weighted by Gasteiger charge is -2.30. The van der Waals surface area contributed by atoms with Gasteiger partial charge < -0.3 is 15.1 Å². The fraction of sp³-hybridized carbons (Fsp3) is 0.312. The number of oxazole rings is 1. The molecule has 120 valence electrons. The molecule has 1 aliphatic heterocycles. The summed E-state index contributed by atoms with van der Waals surface area (Å²) in [6.45, 7) is 0.793. The standard InChI is InChI=1S/C16H16FN3O3/c17-12-5-1-3-10(7-12)14-13(19-9-23-14)16(22)20-6-2-4-11(8-20)15(18)21/h1,3,5,7,9,11H,2,4,6,8H2,(H2,18,21)/t11-/m1/s1. The topological polar surface area (TPSA) is 89.4 Å². The first kappa shape index (κ1) is 15.2. The molecule has 2 heterocycles. The van der Waals surface area contributed by atoms with Crippen molar-refractivity contribution in [1.29, 1.82) is 0 Å². The van der Waals surface area contributed by atoms with Gasteiger partial charge in [0.05, 0.1) is 5.92 Å². The number of nitrogens with two attached hydrogens (primary N) is 1. The number of amides is 2. The zero-order chi connectivity index (χ0) is 16.4. The van der Waals surface area contributed by atoms with Gasteiger partial charge in [0.25, 0.3) is 5.91 Å². The quantitative estimate of drug-likeness (QED) is 0.935. The molecule has 1 aliphatic rings. The molecule has 1 saturated heterocycles. The maximum atomic E-state index is 13.4. The lowest BCUT2D eigenvalue weighted by molar-refractivity contribution is -0.123. The minimum absolute atomic E-state index is 0.112. The number of halogens is 1. The molecule has 0 bridgehead atoms. The fourth-order valence-corrected chi connectivity index (χ4v) is 2.78. The largest absolute Gasteiger partial charge is 0.443 e. The molecule has 0 radical (unpaired) electrons. The van der Waals surface area contributed by atoms with Crippen LogP contribution in [-0.2, 0) is 4.79 Å². The molecule has 6 nitrogen and oxygen atoms in total. The third-order valence-corrected chi connectivity index (χ3v) is 3.97. The van der Waals surface area contributed by atoms with E-state index in [0.29, 0.717) is 24.9 Å². The molecule has 1 aromatic heterocycles. The van der Waals surface area contributed by atoms with E-state index >= 15 is 0 Å². The highest BCUT2D eigenvalue weighted by molar-refractivity contribution is 5.98. The smallest absolute Gasteiger partial charge is 0.276 e. The number of primary amides is 1. The SMILES string of the molecule is NC(=O)[C@@H]1CCCN(C(=O)c2ncoc2-c2cccc(F)c2)C1. The van der Waals surface area contributed by atoms with Crippen molar-refractivity contribution in [2.24, 2.45) is 11.7 Å². The van der Waals surface area contributed by atoms with Gasteiger partial charge in [-0.15, -0.1) is 0 Å². The van der Waals surface area contributed by atoms with Crippen LogP contribution in [0.1, 0.15) is 23.3 Å². The van der Waals surface area contributed by atoms with Crippen LogP contribution in [0.2, 0.25) is 0 Å². The Morgan fingerprint density at radius 1 is 1.39 bits per heavy atom. The number of hydrogen-bond donors (Lipinski definition) is 1. The average molecular weight is 317 g/mol. The van der Waals surface area contributed by atoms with Gasteiger partial charge >= 0.3 is 0 Å². The number of hydrogen-bond acceptors (Lipinski definition) is 4. The van der Waals surface area contributed by atoms with E-state index in [9.17, 15) is 14.0 Å². The molecule has 2 amide bonds. The number of rotatable bonds is 3. The van der Waals surface area contributed by atoms with Crippen LogP contribution in [0, 0.1) is 11.7 Å². The summed E-state index contributed by atoms with van der Waals surface area (Å²) in [7, 11) is 0. The molecule has 0 spiro atoms. The van der Waals surface area contributed by atoms with Gasteiger partial charge in [0.15, 0.2) is 17.8 Å². The molecule has 0 unspecified atom stereocenters. The van der Waals surface area contributed by atoms with Crippen LogP contribution in [0.5, 0.6) is 0 Å². The Hall–Kier alpha value is -2.70. The summed E-state index contributed by atoms with van der Waals surface area (Å²) < 4.78 is 18.7. The number of benzene rings is 1. The monoisotopic (exact) mass is 317 g/mol. The number of likely N-dealkylation sites (tertiary alicyclic amines) is 1. The molecule has 1 fully saturated rings. The molecule has 2 N–H and O–H groups in total. The maximum absolute atomic E-state index is 13.4. The van der Waals surface area contributed by atoms with Gasteiger partial charge in [-0.3, -0.25) is 9.59 Å². The van der Waals surface area contributed by atoms with Crippen LogP contribution in [0.4, 0.5) is 4.39 Å². The number of carbonyl (C=O) groups is 2. The van der Waals surface area contributed by atoms with Gasteiger partial charge in [0.2, 0.25) is 5.91 Å². The highest BCUT2D eigenvalue weighted by Crippen LogP contribution is 2.26. The minimum Gasteiger partial charge on any atom is -0.443 e. The van der Waals surface area contributed by atoms with E-state index in [1.165, 1.54) is 18.2 Å². The van der Waals surface area contributed by atoms with Crippen molar-refractivity contribution < 1.29 is 18.4 Å². The summed E-state index contributed by atoms with van der Waals surface area (Å²) in [6.07, 6.45) is 2.53. The molecule has 0 saturated carbocycles. The van der Waals surface area contributed by atoms with Gasteiger partial charge in [-0.05, 0) is 25.0 Å². The lowest BCUT2D eigenvalue weighted by Crippen LogP contribution is -2.44. The predicted octanol–water partition coefficient (Wildman–Crippen LogP) is 1.82. The van der Waals surface area contributed by atoms with Crippen molar-refractivity contribution >= 4 is 11.8 Å². The van der Waals surface area contributed by atoms with Crippen LogP contribution in [0.25, 0.3) is 11.3 Å². The van der Waals surface area contributed by atoms with Gasteiger partial charge in [-0.25, -0.2) is 9.37 Å². The summed E-state index contributed by atoms with van der Waals surface area (Å²) in [4.78, 5) is 29.5. The Morgan fingerprint density at radius 3 is 2.96 bits per heavy atom. The second-order valence-corrected chi connectivity index (χ2v) is 5.53. The number of nitrogens with zero attached hydrogens (tertiary/aromatic N) is 2. The van der Waals surface area contributed by atoms with E-state index in [4.69, 9.17) is 10.2 Å². The number of aromatic nitrogens is 1. The Morgan fingerprint density at radius 2 is 2.22 bits per heavy atom. The fourth-order valence-electron chi connectivity index (χ4n) is 2.78. The number of piperidine rings is 1. The van der Waals surface area contributed by atoms with Crippen molar-refractivity contribution in [3.63, 3.8) is 0 Å². The predicted molar refractivity (Wildman–Crippen MR) is 79.7 cm³/mol. The summed E-state index contributed by atoms with van der Waals surface area (Å²) >= 11 is 0. The van der Waals surface area contributed by atoms with E-state index in [1.54, 1.807) is 11.0 Å². The lowest BCUT2D eigenvalue weighted by atomic mass is 9.97. The Bertz CT molecular complexity index is 744. The van der Waals surface area contributed by atoms with E-state index < -0.39 is 11.7 Å². The molecule has 2 aromatic rings. The first-order valence-electron chi connectivity index (χ1n) is 7.34. The molecule has 23 heavy (non-hydrogen) atoms. The van der Waals surface area contributed by atoms with Gasteiger partial charge in [0, 0.05) is 18.7 Å². The van der Waals surface area contributed by atoms with Crippen molar-refractivity contribution in [1.82, 2.24) is 9.88 Å². The molecular formula is C16H16FN3O3. The van der Waals surface area contributed by atoms with E-state index in [-0.39, 0.29) is 29.8 Å². The second-order valence-electron chi connectivity index (χ2n) is 5.53. The molecule has 1 atom stereocenters. The zero-order valence-electron chi connectivity index (χ0n) is 12.4. The first-order chi connectivity index (χ1) is 11.1. The van der Waals surface area contributed by atoms with Crippen molar-refractivity contribution in [2.45, 2.75) is 12.8 Å². The van der Waals surface area contributed by atoms with Crippen LogP contribution < -0.4 is 5.73 Å². The first-order valence-corrected chi connectivity index (χ1v) is 7.34. The van der Waals surface area contributed by atoms with Gasteiger partial charge in [-0.1, -0.05) is 12.1 Å². The Labute approximate surface area is 132 Å². The Kier molecular flexibility index (Phi) is 4.10. The highest BCUT2D eigenvalue weighted by atomic mass is 19.1. The van der Waals surface area contributed by atoms with E-state index in [1.807, 2.05) is 0 Å². The highest BCUT2D eigenvalue weighted by Gasteiger charge is 2.30. The van der Waals surface area contributed by atoms with Crippen LogP contribution >= 0.6 is 0 Å². The summed E-state index contributed by atoms with van der Waals surface area (Å²) in [6, 6.07) is 5.76. The zero-order valence-corrected chi connectivity index (χ0v) is 12.4. The maximum Gasteiger partial charge on any atom is 0.276 e. The van der Waals surface area contributed by atoms with Crippen molar-refractivity contribution in [3.8, 4) is 11.3 Å². The number of carbonyl (C=O) groups excluding carboxylic acids is 2. The minimum atomic E-state index is -0.427. The average Bonchev–Trinajstić information content (AvgIpc) is 3.04. The van der Waals surface area contributed by atoms with E-state index in [2.05, 4.69) is 4.98 Å². The molecule has 7 heteroatoms. The van der Waals surface area contributed by atoms with Crippen LogP contribution in [-0.4, -0.2) is 34.8 Å². The molecule has 0 aliphatic carbocycles. The third-order valence-electron chi connectivity index (χ3n) is 3.97. The van der Waals surface area contributed by atoms with Crippen LogP contribution in [0.15, 0.2) is 35.1 Å². The summed E-state index contributed by atoms with van der Waals surface area (Å²) in [5, 5.41) is 0. The van der Waals surface area contributed by atoms with Crippen LogP contribution in [0.3, 0.4) is 0 Å². The molecular weight excluding hydrogens is 301 g/mol. The summed E-state index contributed by atoms with van der Waals surface area (Å²) in [5.74, 6) is -1.31. The van der Waals surface area contributed by atoms with Crippen molar-refractivity contribution in [3.05, 3.63) is 42.2 Å².